The Labute approximate surface area is 104 Å². The van der Waals surface area contributed by atoms with Gasteiger partial charge in [-0.05, 0) is 33.2 Å². The van der Waals surface area contributed by atoms with Crippen LogP contribution in [0.4, 0.5) is 0 Å². The number of halogens is 1. The Morgan fingerprint density at radius 3 is 2.44 bits per heavy atom. The van der Waals surface area contributed by atoms with Crippen LogP contribution in [-0.4, -0.2) is 42.4 Å². The number of nitrogens with zero attached hydrogens (tertiary/aromatic N) is 1. The second-order valence-corrected chi connectivity index (χ2v) is 5.47. The third-order valence-electron chi connectivity index (χ3n) is 3.32. The first kappa shape index (κ1) is 13.8. The van der Waals surface area contributed by atoms with Crippen molar-refractivity contribution in [3.63, 3.8) is 0 Å². The summed E-state index contributed by atoms with van der Waals surface area (Å²) in [5.41, 5.74) is -0.455. The molecule has 3 nitrogen and oxygen atoms in total. The molecule has 0 unspecified atom stereocenters. The number of amides is 1. The van der Waals surface area contributed by atoms with Crippen LogP contribution < -0.4 is 5.32 Å². The van der Waals surface area contributed by atoms with E-state index >= 15 is 0 Å². The van der Waals surface area contributed by atoms with Gasteiger partial charge in [-0.3, -0.25) is 4.79 Å². The number of alkyl halides is 1. The number of carbonyl (C=O) groups excluding carboxylic acids is 1. The van der Waals surface area contributed by atoms with Crippen LogP contribution in [0.15, 0.2) is 0 Å². The largest absolute Gasteiger partial charge is 0.353 e. The van der Waals surface area contributed by atoms with Crippen LogP contribution in [0.25, 0.3) is 0 Å². The van der Waals surface area contributed by atoms with Gasteiger partial charge in [-0.25, -0.2) is 0 Å². The Morgan fingerprint density at radius 1 is 1.44 bits per heavy atom. The van der Waals surface area contributed by atoms with E-state index in [1.165, 1.54) is 0 Å². The van der Waals surface area contributed by atoms with Crippen LogP contribution in [0.1, 0.15) is 33.6 Å². The highest BCUT2D eigenvalue weighted by Gasteiger charge is 2.29. The molecule has 0 aromatic rings. The quantitative estimate of drug-likeness (QED) is 0.768. The van der Waals surface area contributed by atoms with Gasteiger partial charge in [-0.2, -0.15) is 0 Å². The normalized spacial score (nSPS) is 19.8. The van der Waals surface area contributed by atoms with E-state index in [2.05, 4.69) is 17.1 Å². The monoisotopic (exact) mass is 246 g/mol. The molecule has 0 radical (unpaired) electrons. The first-order valence-corrected chi connectivity index (χ1v) is 6.62. The molecule has 1 saturated heterocycles. The molecular weight excluding hydrogens is 224 g/mol. The molecule has 4 heteroatoms. The van der Waals surface area contributed by atoms with Crippen molar-refractivity contribution in [2.75, 3.05) is 25.5 Å². The van der Waals surface area contributed by atoms with Crippen LogP contribution in [0.2, 0.25) is 0 Å². The molecule has 1 rings (SSSR count). The Bertz CT molecular complexity index is 235. The predicted octanol–water partition coefficient (Wildman–Crippen LogP) is 1.85. The van der Waals surface area contributed by atoms with Crippen molar-refractivity contribution in [1.82, 2.24) is 10.2 Å². The van der Waals surface area contributed by atoms with Gasteiger partial charge in [0.2, 0.25) is 5.91 Å². The number of hydrogen-bond donors (Lipinski definition) is 1. The zero-order valence-corrected chi connectivity index (χ0v) is 11.3. The van der Waals surface area contributed by atoms with Gasteiger partial charge in [0, 0.05) is 25.0 Å². The third-order valence-corrected chi connectivity index (χ3v) is 3.99. The summed E-state index contributed by atoms with van der Waals surface area (Å²) in [5.74, 6) is 0.449. The molecular formula is C12H23ClN2O. The molecule has 16 heavy (non-hydrogen) atoms. The van der Waals surface area contributed by atoms with E-state index in [0.29, 0.717) is 11.9 Å². The van der Waals surface area contributed by atoms with Crippen LogP contribution >= 0.6 is 11.6 Å². The number of hydrogen-bond acceptors (Lipinski definition) is 2. The van der Waals surface area contributed by atoms with Gasteiger partial charge in [-0.1, -0.05) is 6.92 Å². The molecule has 0 spiro atoms. The van der Waals surface area contributed by atoms with Crippen molar-refractivity contribution in [1.29, 1.82) is 0 Å². The lowest BCUT2D eigenvalue weighted by Gasteiger charge is -2.33. The Balaban J connectivity index is 2.36. The molecule has 0 aromatic heterocycles. The summed E-state index contributed by atoms with van der Waals surface area (Å²) in [5, 5.41) is 3.10. The van der Waals surface area contributed by atoms with Gasteiger partial charge in [0.25, 0.3) is 0 Å². The van der Waals surface area contributed by atoms with Gasteiger partial charge >= 0.3 is 0 Å². The lowest BCUT2D eigenvalue weighted by atomic mass is 9.94. The van der Waals surface area contributed by atoms with Gasteiger partial charge in [-0.15, -0.1) is 11.6 Å². The molecule has 1 aliphatic rings. The topological polar surface area (TPSA) is 32.3 Å². The highest BCUT2D eigenvalue weighted by molar-refractivity contribution is 6.19. The standard InChI is InChI=1S/C12H23ClN2O/c1-4-15-7-5-10(6-8-15)14-11(16)12(2,3)9-13/h10H,4-9H2,1-3H3,(H,14,16). The summed E-state index contributed by atoms with van der Waals surface area (Å²) in [4.78, 5) is 14.3. The van der Waals surface area contributed by atoms with E-state index in [4.69, 9.17) is 11.6 Å². The maximum Gasteiger partial charge on any atom is 0.227 e. The molecule has 0 bridgehead atoms. The molecule has 0 aromatic carbocycles. The maximum absolute atomic E-state index is 11.9. The molecule has 0 atom stereocenters. The second kappa shape index (κ2) is 5.87. The van der Waals surface area contributed by atoms with Crippen molar-refractivity contribution >= 4 is 17.5 Å². The zero-order chi connectivity index (χ0) is 12.2. The minimum Gasteiger partial charge on any atom is -0.353 e. The molecule has 1 N–H and O–H groups in total. The van der Waals surface area contributed by atoms with Crippen molar-refractivity contribution in [2.24, 2.45) is 5.41 Å². The van der Waals surface area contributed by atoms with E-state index in [9.17, 15) is 4.79 Å². The van der Waals surface area contributed by atoms with Gasteiger partial charge in [0.05, 0.1) is 5.41 Å². The summed E-state index contributed by atoms with van der Waals surface area (Å²) >= 11 is 5.78. The fraction of sp³-hybridized carbons (Fsp3) is 0.917. The summed E-state index contributed by atoms with van der Waals surface area (Å²) in [6, 6.07) is 0.331. The number of carbonyl (C=O) groups is 1. The van der Waals surface area contributed by atoms with Crippen LogP contribution in [0, 0.1) is 5.41 Å². The number of rotatable bonds is 4. The maximum atomic E-state index is 11.9. The minimum absolute atomic E-state index is 0.0810. The molecule has 1 fully saturated rings. The van der Waals surface area contributed by atoms with Crippen molar-refractivity contribution in [3.05, 3.63) is 0 Å². The smallest absolute Gasteiger partial charge is 0.227 e. The van der Waals surface area contributed by atoms with Gasteiger partial charge < -0.3 is 10.2 Å². The van der Waals surface area contributed by atoms with E-state index in [1.807, 2.05) is 13.8 Å². The highest BCUT2D eigenvalue weighted by Crippen LogP contribution is 2.19. The van der Waals surface area contributed by atoms with Gasteiger partial charge in [0.15, 0.2) is 0 Å². The van der Waals surface area contributed by atoms with E-state index in [0.717, 1.165) is 32.5 Å². The first-order chi connectivity index (χ1) is 7.49. The highest BCUT2D eigenvalue weighted by atomic mass is 35.5. The molecule has 0 aliphatic carbocycles. The van der Waals surface area contributed by atoms with E-state index in [1.54, 1.807) is 0 Å². The van der Waals surface area contributed by atoms with Gasteiger partial charge in [0.1, 0.15) is 0 Å². The molecule has 1 amide bonds. The fourth-order valence-electron chi connectivity index (χ4n) is 1.83. The molecule has 94 valence electrons. The number of likely N-dealkylation sites (tertiary alicyclic amines) is 1. The third kappa shape index (κ3) is 3.63. The Morgan fingerprint density at radius 2 is 2.00 bits per heavy atom. The van der Waals surface area contributed by atoms with Crippen LogP contribution in [-0.2, 0) is 4.79 Å². The van der Waals surface area contributed by atoms with Crippen LogP contribution in [0.3, 0.4) is 0 Å². The predicted molar refractivity (Wildman–Crippen MR) is 67.8 cm³/mol. The van der Waals surface area contributed by atoms with E-state index in [-0.39, 0.29) is 5.91 Å². The lowest BCUT2D eigenvalue weighted by molar-refractivity contribution is -0.129. The number of piperidine rings is 1. The summed E-state index contributed by atoms with van der Waals surface area (Å²) in [6.07, 6.45) is 2.11. The lowest BCUT2D eigenvalue weighted by Crippen LogP contribution is -2.48. The second-order valence-electron chi connectivity index (χ2n) is 5.20. The molecule has 1 aliphatic heterocycles. The molecule has 0 saturated carbocycles. The van der Waals surface area contributed by atoms with Crippen LogP contribution in [0.5, 0.6) is 0 Å². The fourth-order valence-corrected chi connectivity index (χ4v) is 1.96. The van der Waals surface area contributed by atoms with Crippen molar-refractivity contribution < 1.29 is 4.79 Å². The first-order valence-electron chi connectivity index (χ1n) is 6.09. The van der Waals surface area contributed by atoms with E-state index < -0.39 is 5.41 Å². The molecule has 1 heterocycles. The van der Waals surface area contributed by atoms with Crippen molar-refractivity contribution in [3.8, 4) is 0 Å². The zero-order valence-electron chi connectivity index (χ0n) is 10.6. The Hall–Kier alpha value is -0.280. The summed E-state index contributed by atoms with van der Waals surface area (Å²) in [6.45, 7) is 9.22. The minimum atomic E-state index is -0.455. The SMILES string of the molecule is CCN1CCC(NC(=O)C(C)(C)CCl)CC1. The average molecular weight is 247 g/mol. The van der Waals surface area contributed by atoms with Crippen molar-refractivity contribution in [2.45, 2.75) is 39.7 Å². The summed E-state index contributed by atoms with van der Waals surface area (Å²) in [7, 11) is 0. The average Bonchev–Trinajstić information content (AvgIpc) is 2.30. The Kier molecular flexibility index (Phi) is 5.06. The number of nitrogens with one attached hydrogen (secondary N) is 1. The summed E-state index contributed by atoms with van der Waals surface area (Å²) < 4.78 is 0.